The highest BCUT2D eigenvalue weighted by Gasteiger charge is 2.23. The Bertz CT molecular complexity index is 850. The summed E-state index contributed by atoms with van der Waals surface area (Å²) >= 11 is 5.87. The molecular formula is C21H32N3O2S+. The summed E-state index contributed by atoms with van der Waals surface area (Å²) in [5.74, 6) is 1.54. The van der Waals surface area contributed by atoms with Crippen LogP contribution in [0, 0.1) is 18.6 Å². The van der Waals surface area contributed by atoms with Crippen molar-refractivity contribution in [3.63, 3.8) is 0 Å². The summed E-state index contributed by atoms with van der Waals surface area (Å²) in [7, 11) is 5.55. The molecule has 2 aromatic rings. The number of nitrogens with one attached hydrogen (secondary N) is 1. The van der Waals surface area contributed by atoms with Crippen LogP contribution in [-0.4, -0.2) is 30.4 Å². The van der Waals surface area contributed by atoms with Crippen molar-refractivity contribution in [3.05, 3.63) is 39.9 Å². The van der Waals surface area contributed by atoms with Crippen LogP contribution in [0.1, 0.15) is 48.7 Å². The molecule has 1 fully saturated rings. The van der Waals surface area contributed by atoms with Crippen LogP contribution in [0.2, 0.25) is 0 Å². The van der Waals surface area contributed by atoms with E-state index in [4.69, 9.17) is 21.7 Å². The lowest BCUT2D eigenvalue weighted by molar-refractivity contribution is -0.917. The summed E-state index contributed by atoms with van der Waals surface area (Å²) in [6.07, 6.45) is 5.15. The highest BCUT2D eigenvalue weighted by atomic mass is 32.1. The van der Waals surface area contributed by atoms with E-state index in [2.05, 4.69) is 42.2 Å². The van der Waals surface area contributed by atoms with Crippen molar-refractivity contribution >= 4 is 12.2 Å². The van der Waals surface area contributed by atoms with E-state index < -0.39 is 0 Å². The summed E-state index contributed by atoms with van der Waals surface area (Å²) in [5.41, 5.74) is 3.84. The van der Waals surface area contributed by atoms with Gasteiger partial charge in [0.1, 0.15) is 6.54 Å². The molecule has 1 aromatic carbocycles. The first-order chi connectivity index (χ1) is 13.0. The van der Waals surface area contributed by atoms with Crippen LogP contribution in [0.15, 0.2) is 18.2 Å². The third-order valence-electron chi connectivity index (χ3n) is 5.80. The third-order valence-corrected chi connectivity index (χ3v) is 6.22. The number of benzene rings is 1. The van der Waals surface area contributed by atoms with Crippen molar-refractivity contribution in [1.82, 2.24) is 9.13 Å². The summed E-state index contributed by atoms with van der Waals surface area (Å²) in [5, 5.41) is 0. The van der Waals surface area contributed by atoms with Gasteiger partial charge in [-0.25, -0.2) is 0 Å². The molecule has 1 atom stereocenters. The standard InChI is InChI=1S/C21H31N3O2S/c1-15-16(2)24(18-8-6-7-9-18)21(27)23(15)14-22(3)13-17-10-11-19(25-4)20(12-17)26-5/h10-12,18H,6-9,13-14H2,1-5H3/p+1. The van der Waals surface area contributed by atoms with E-state index in [0.717, 1.165) is 29.5 Å². The molecule has 0 saturated heterocycles. The van der Waals surface area contributed by atoms with Crippen molar-refractivity contribution in [2.24, 2.45) is 0 Å². The molecule has 1 N–H and O–H groups in total. The number of methoxy groups -OCH3 is 2. The fourth-order valence-corrected chi connectivity index (χ4v) is 4.72. The van der Waals surface area contributed by atoms with Crippen LogP contribution >= 0.6 is 12.2 Å². The number of quaternary nitrogens is 1. The third kappa shape index (κ3) is 4.06. The molecule has 6 heteroatoms. The lowest BCUT2D eigenvalue weighted by Gasteiger charge is -2.17. The number of imidazole rings is 1. The second-order valence-electron chi connectivity index (χ2n) is 7.67. The SMILES string of the molecule is COc1ccc(C[NH+](C)Cn2c(C)c(C)n(C3CCCC3)c2=S)cc1OC. The Morgan fingerprint density at radius 2 is 1.74 bits per heavy atom. The van der Waals surface area contributed by atoms with Gasteiger partial charge in [0.05, 0.1) is 21.3 Å². The maximum atomic E-state index is 5.87. The summed E-state index contributed by atoms with van der Waals surface area (Å²) in [6.45, 7) is 6.17. The monoisotopic (exact) mass is 390 g/mol. The highest BCUT2D eigenvalue weighted by molar-refractivity contribution is 7.71. The minimum absolute atomic E-state index is 0.587. The molecule has 5 nitrogen and oxygen atoms in total. The molecular weight excluding hydrogens is 358 g/mol. The van der Waals surface area contributed by atoms with Gasteiger partial charge < -0.3 is 18.9 Å². The minimum atomic E-state index is 0.587. The molecule has 1 aromatic heterocycles. The number of hydrogen-bond donors (Lipinski definition) is 1. The summed E-state index contributed by atoms with van der Waals surface area (Å²) in [6, 6.07) is 6.72. The van der Waals surface area contributed by atoms with Gasteiger partial charge in [-0.15, -0.1) is 0 Å². The van der Waals surface area contributed by atoms with Crippen molar-refractivity contribution in [1.29, 1.82) is 0 Å². The molecule has 3 rings (SSSR count). The molecule has 148 valence electrons. The Balaban J connectivity index is 1.77. The first-order valence-corrected chi connectivity index (χ1v) is 10.2. The number of rotatable bonds is 7. The molecule has 1 unspecified atom stereocenters. The Morgan fingerprint density at radius 3 is 2.37 bits per heavy atom. The van der Waals surface area contributed by atoms with Gasteiger partial charge in [0.15, 0.2) is 22.9 Å². The van der Waals surface area contributed by atoms with Gasteiger partial charge in [-0.05, 0) is 57.1 Å². The summed E-state index contributed by atoms with van der Waals surface area (Å²) < 4.78 is 16.5. The fourth-order valence-electron chi connectivity index (χ4n) is 4.23. The molecule has 1 saturated carbocycles. The zero-order valence-corrected chi connectivity index (χ0v) is 18.0. The van der Waals surface area contributed by atoms with E-state index in [0.29, 0.717) is 6.04 Å². The fraction of sp³-hybridized carbons (Fsp3) is 0.571. The van der Waals surface area contributed by atoms with E-state index in [1.54, 1.807) is 14.2 Å². The number of ether oxygens (including phenoxy) is 2. The molecule has 27 heavy (non-hydrogen) atoms. The minimum Gasteiger partial charge on any atom is -0.493 e. The first kappa shape index (κ1) is 20.0. The second-order valence-corrected chi connectivity index (χ2v) is 8.04. The molecule has 0 radical (unpaired) electrons. The first-order valence-electron chi connectivity index (χ1n) is 9.76. The Labute approximate surface area is 167 Å². The van der Waals surface area contributed by atoms with Gasteiger partial charge in [-0.1, -0.05) is 12.8 Å². The molecule has 1 aliphatic rings. The normalized spacial score (nSPS) is 15.9. The van der Waals surface area contributed by atoms with Gasteiger partial charge in [0.2, 0.25) is 0 Å². The average molecular weight is 391 g/mol. The topological polar surface area (TPSA) is 32.8 Å². The zero-order chi connectivity index (χ0) is 19.6. The predicted molar refractivity (Wildman–Crippen MR) is 110 cm³/mol. The second kappa shape index (κ2) is 8.48. The Morgan fingerprint density at radius 1 is 1.07 bits per heavy atom. The van der Waals surface area contributed by atoms with Crippen molar-refractivity contribution < 1.29 is 14.4 Å². The van der Waals surface area contributed by atoms with E-state index in [1.807, 2.05) is 6.07 Å². The van der Waals surface area contributed by atoms with E-state index in [1.165, 1.54) is 47.5 Å². The van der Waals surface area contributed by atoms with E-state index >= 15 is 0 Å². The molecule has 0 aliphatic heterocycles. The zero-order valence-electron chi connectivity index (χ0n) is 17.2. The quantitative estimate of drug-likeness (QED) is 0.735. The van der Waals surface area contributed by atoms with Gasteiger partial charge in [0, 0.05) is 23.0 Å². The van der Waals surface area contributed by atoms with Crippen molar-refractivity contribution in [2.45, 2.75) is 58.8 Å². The van der Waals surface area contributed by atoms with Crippen LogP contribution in [-0.2, 0) is 13.2 Å². The Hall–Kier alpha value is -1.79. The van der Waals surface area contributed by atoms with Crippen LogP contribution in [0.25, 0.3) is 0 Å². The van der Waals surface area contributed by atoms with Crippen molar-refractivity contribution in [3.8, 4) is 11.5 Å². The summed E-state index contributed by atoms with van der Waals surface area (Å²) in [4.78, 5) is 1.38. The van der Waals surface area contributed by atoms with E-state index in [-0.39, 0.29) is 0 Å². The Kier molecular flexibility index (Phi) is 6.27. The number of hydrogen-bond acceptors (Lipinski definition) is 3. The predicted octanol–water partition coefficient (Wildman–Crippen LogP) is 3.44. The number of aromatic nitrogens is 2. The van der Waals surface area contributed by atoms with Crippen molar-refractivity contribution in [2.75, 3.05) is 21.3 Å². The maximum Gasteiger partial charge on any atom is 0.184 e. The highest BCUT2D eigenvalue weighted by Crippen LogP contribution is 2.32. The molecule has 1 heterocycles. The van der Waals surface area contributed by atoms with E-state index in [9.17, 15) is 0 Å². The van der Waals surface area contributed by atoms with Crippen LogP contribution in [0.4, 0.5) is 0 Å². The van der Waals surface area contributed by atoms with Gasteiger partial charge in [-0.3, -0.25) is 4.57 Å². The lowest BCUT2D eigenvalue weighted by atomic mass is 10.2. The smallest absolute Gasteiger partial charge is 0.184 e. The van der Waals surface area contributed by atoms with Crippen LogP contribution in [0.3, 0.4) is 0 Å². The van der Waals surface area contributed by atoms with Crippen LogP contribution < -0.4 is 14.4 Å². The molecule has 0 spiro atoms. The largest absolute Gasteiger partial charge is 0.493 e. The van der Waals surface area contributed by atoms with Gasteiger partial charge >= 0.3 is 0 Å². The number of nitrogens with zero attached hydrogens (tertiary/aromatic N) is 2. The van der Waals surface area contributed by atoms with Gasteiger partial charge in [0.25, 0.3) is 0 Å². The van der Waals surface area contributed by atoms with Crippen LogP contribution in [0.5, 0.6) is 11.5 Å². The van der Waals surface area contributed by atoms with Gasteiger partial charge in [-0.2, -0.15) is 0 Å². The molecule has 1 aliphatic carbocycles. The molecule has 0 amide bonds. The lowest BCUT2D eigenvalue weighted by Crippen LogP contribution is -3.06. The maximum absolute atomic E-state index is 5.87. The molecule has 0 bridgehead atoms. The average Bonchev–Trinajstić information content (AvgIpc) is 3.25.